The largest absolute Gasteiger partial charge is 0.481 e. The van der Waals surface area contributed by atoms with Gasteiger partial charge in [-0.2, -0.15) is 0 Å². The van der Waals surface area contributed by atoms with Crippen LogP contribution in [0.1, 0.15) is 37.0 Å². The molecule has 0 bridgehead atoms. The number of piperidine rings is 1. The molecule has 1 saturated heterocycles. The number of nitrogens with zero attached hydrogens (tertiary/aromatic N) is 1. The van der Waals surface area contributed by atoms with E-state index in [4.69, 9.17) is 4.42 Å². The fourth-order valence-corrected chi connectivity index (χ4v) is 2.49. The molecule has 0 aliphatic carbocycles. The molecule has 1 atom stereocenters. The Bertz CT molecular complexity index is 464. The predicted molar refractivity (Wildman–Crippen MR) is 68.8 cm³/mol. The molecule has 5 heteroatoms. The van der Waals surface area contributed by atoms with Gasteiger partial charge in [0.1, 0.15) is 6.26 Å². The van der Waals surface area contributed by atoms with E-state index < -0.39 is 11.4 Å². The molecule has 0 radical (unpaired) electrons. The first kappa shape index (κ1) is 13.6. The molecule has 19 heavy (non-hydrogen) atoms. The van der Waals surface area contributed by atoms with Crippen LogP contribution in [0.5, 0.6) is 0 Å². The van der Waals surface area contributed by atoms with E-state index >= 15 is 0 Å². The van der Waals surface area contributed by atoms with Crippen molar-refractivity contribution < 1.29 is 19.1 Å². The van der Waals surface area contributed by atoms with Gasteiger partial charge in [-0.25, -0.2) is 0 Å². The summed E-state index contributed by atoms with van der Waals surface area (Å²) in [6.45, 7) is 4.62. The van der Waals surface area contributed by atoms with Crippen LogP contribution >= 0.6 is 0 Å². The molecule has 1 aliphatic rings. The average Bonchev–Trinajstić information content (AvgIpc) is 2.91. The van der Waals surface area contributed by atoms with Gasteiger partial charge in [-0.1, -0.05) is 0 Å². The number of likely N-dealkylation sites (tertiary alicyclic amines) is 1. The molecular formula is C14H19NO4. The van der Waals surface area contributed by atoms with Gasteiger partial charge >= 0.3 is 5.97 Å². The highest BCUT2D eigenvalue weighted by molar-refractivity contribution is 5.93. The lowest BCUT2D eigenvalue weighted by Gasteiger charge is -2.39. The van der Waals surface area contributed by atoms with Gasteiger partial charge in [0, 0.05) is 13.1 Å². The third-order valence-electron chi connectivity index (χ3n) is 4.05. The highest BCUT2D eigenvalue weighted by Gasteiger charge is 2.40. The highest BCUT2D eigenvalue weighted by atomic mass is 16.4. The van der Waals surface area contributed by atoms with Crippen molar-refractivity contribution in [3.8, 4) is 0 Å². The minimum atomic E-state index is -0.810. The van der Waals surface area contributed by atoms with Crippen molar-refractivity contribution in [2.75, 3.05) is 13.1 Å². The summed E-state index contributed by atoms with van der Waals surface area (Å²) >= 11 is 0. The number of rotatable bonds is 3. The number of carbonyl (C=O) groups excluding carboxylic acids is 1. The molecule has 0 saturated carbocycles. The number of hydrogen-bond donors (Lipinski definition) is 1. The second-order valence-electron chi connectivity index (χ2n) is 5.63. The van der Waals surface area contributed by atoms with E-state index in [1.807, 2.05) is 0 Å². The van der Waals surface area contributed by atoms with Crippen LogP contribution in [-0.2, 0) is 4.79 Å². The van der Waals surface area contributed by atoms with Crippen molar-refractivity contribution in [1.29, 1.82) is 0 Å². The molecule has 1 unspecified atom stereocenters. The molecule has 2 rings (SSSR count). The van der Waals surface area contributed by atoms with Gasteiger partial charge < -0.3 is 14.4 Å². The van der Waals surface area contributed by atoms with Crippen molar-refractivity contribution in [3.05, 3.63) is 24.2 Å². The zero-order valence-electron chi connectivity index (χ0n) is 11.3. The SMILES string of the molecule is CC(C)(C(=O)O)C1CCCN(C(=O)c2ccoc2)C1. The first-order valence-electron chi connectivity index (χ1n) is 6.48. The number of furan rings is 1. The molecule has 1 aliphatic heterocycles. The topological polar surface area (TPSA) is 70.8 Å². The fourth-order valence-electron chi connectivity index (χ4n) is 2.49. The molecule has 0 aromatic carbocycles. The molecule has 1 aromatic rings. The van der Waals surface area contributed by atoms with Crippen LogP contribution in [0.25, 0.3) is 0 Å². The van der Waals surface area contributed by atoms with Crippen LogP contribution in [-0.4, -0.2) is 35.0 Å². The molecule has 104 valence electrons. The van der Waals surface area contributed by atoms with Gasteiger partial charge in [0.15, 0.2) is 0 Å². The van der Waals surface area contributed by atoms with Crippen molar-refractivity contribution in [3.63, 3.8) is 0 Å². The van der Waals surface area contributed by atoms with Gasteiger partial charge in [-0.3, -0.25) is 9.59 Å². The quantitative estimate of drug-likeness (QED) is 0.909. The van der Waals surface area contributed by atoms with Gasteiger partial charge in [0.25, 0.3) is 5.91 Å². The summed E-state index contributed by atoms with van der Waals surface area (Å²) < 4.78 is 4.92. The highest BCUT2D eigenvalue weighted by Crippen LogP contribution is 2.34. The van der Waals surface area contributed by atoms with Crippen LogP contribution in [0.3, 0.4) is 0 Å². The van der Waals surface area contributed by atoms with E-state index in [2.05, 4.69) is 0 Å². The third kappa shape index (κ3) is 2.64. The lowest BCUT2D eigenvalue weighted by Crippen LogP contribution is -2.46. The Kier molecular flexibility index (Phi) is 3.64. The van der Waals surface area contributed by atoms with E-state index in [1.54, 1.807) is 24.8 Å². The van der Waals surface area contributed by atoms with Crippen LogP contribution in [0.2, 0.25) is 0 Å². The summed E-state index contributed by atoms with van der Waals surface area (Å²) in [6.07, 6.45) is 4.57. The zero-order chi connectivity index (χ0) is 14.0. The smallest absolute Gasteiger partial charge is 0.309 e. The number of amides is 1. The molecule has 2 heterocycles. The van der Waals surface area contributed by atoms with Gasteiger partial charge in [0.2, 0.25) is 0 Å². The zero-order valence-corrected chi connectivity index (χ0v) is 11.3. The predicted octanol–water partition coefficient (Wildman–Crippen LogP) is 2.24. The molecule has 1 fully saturated rings. The number of aliphatic carboxylic acids is 1. The van der Waals surface area contributed by atoms with Gasteiger partial charge in [0.05, 0.1) is 17.2 Å². The standard InChI is InChI=1S/C14H19NO4/c1-14(2,13(17)18)11-4-3-6-15(8-11)12(16)10-5-7-19-9-10/h5,7,9,11H,3-4,6,8H2,1-2H3,(H,17,18). The number of carbonyl (C=O) groups is 2. The van der Waals surface area contributed by atoms with Crippen LogP contribution in [0, 0.1) is 11.3 Å². The number of carboxylic acids is 1. The minimum Gasteiger partial charge on any atom is -0.481 e. The molecular weight excluding hydrogens is 246 g/mol. The van der Waals surface area contributed by atoms with Crippen LogP contribution in [0.15, 0.2) is 23.0 Å². The number of carboxylic acid groups (broad SMARTS) is 1. The fraction of sp³-hybridized carbons (Fsp3) is 0.571. The Morgan fingerprint density at radius 1 is 1.47 bits per heavy atom. The summed E-state index contributed by atoms with van der Waals surface area (Å²) in [4.78, 5) is 25.3. The Balaban J connectivity index is 2.09. The molecule has 1 amide bonds. The van der Waals surface area contributed by atoms with E-state index in [-0.39, 0.29) is 11.8 Å². The Labute approximate surface area is 112 Å². The molecule has 5 nitrogen and oxygen atoms in total. The van der Waals surface area contributed by atoms with E-state index in [0.29, 0.717) is 18.7 Å². The van der Waals surface area contributed by atoms with Crippen molar-refractivity contribution in [2.24, 2.45) is 11.3 Å². The Morgan fingerprint density at radius 3 is 2.79 bits per heavy atom. The normalized spacial score (nSPS) is 20.3. The van der Waals surface area contributed by atoms with Gasteiger partial charge in [-0.05, 0) is 38.7 Å². The number of hydrogen-bond acceptors (Lipinski definition) is 3. The van der Waals surface area contributed by atoms with Crippen LogP contribution < -0.4 is 0 Å². The summed E-state index contributed by atoms with van der Waals surface area (Å²) in [5.41, 5.74) is -0.288. The second kappa shape index (κ2) is 5.07. The van der Waals surface area contributed by atoms with Crippen molar-refractivity contribution in [1.82, 2.24) is 4.90 Å². The second-order valence-corrected chi connectivity index (χ2v) is 5.63. The van der Waals surface area contributed by atoms with E-state index in [0.717, 1.165) is 12.8 Å². The lowest BCUT2D eigenvalue weighted by molar-refractivity contribution is -0.151. The maximum Gasteiger partial charge on any atom is 0.309 e. The first-order valence-corrected chi connectivity index (χ1v) is 6.48. The summed E-state index contributed by atoms with van der Waals surface area (Å²) in [7, 11) is 0. The molecule has 1 aromatic heterocycles. The first-order chi connectivity index (χ1) is 8.93. The summed E-state index contributed by atoms with van der Waals surface area (Å²) in [5.74, 6) is -0.913. The van der Waals surface area contributed by atoms with Crippen molar-refractivity contribution >= 4 is 11.9 Å². The van der Waals surface area contributed by atoms with Gasteiger partial charge in [-0.15, -0.1) is 0 Å². The molecule has 0 spiro atoms. The minimum absolute atomic E-state index is 0.0189. The lowest BCUT2D eigenvalue weighted by atomic mass is 9.74. The summed E-state index contributed by atoms with van der Waals surface area (Å²) in [5, 5.41) is 9.28. The van der Waals surface area contributed by atoms with E-state index in [1.165, 1.54) is 12.5 Å². The third-order valence-corrected chi connectivity index (χ3v) is 4.05. The Hall–Kier alpha value is -1.78. The average molecular weight is 265 g/mol. The molecule has 1 N–H and O–H groups in total. The maximum atomic E-state index is 12.2. The van der Waals surface area contributed by atoms with E-state index in [9.17, 15) is 14.7 Å². The Morgan fingerprint density at radius 2 is 2.21 bits per heavy atom. The monoisotopic (exact) mass is 265 g/mol. The summed E-state index contributed by atoms with van der Waals surface area (Å²) in [6, 6.07) is 1.63. The maximum absolute atomic E-state index is 12.2. The van der Waals surface area contributed by atoms with Crippen molar-refractivity contribution in [2.45, 2.75) is 26.7 Å². The van der Waals surface area contributed by atoms with Crippen LogP contribution in [0.4, 0.5) is 0 Å².